The summed E-state index contributed by atoms with van der Waals surface area (Å²) in [5.41, 5.74) is 0.901. The monoisotopic (exact) mass is 360 g/mol. The first-order valence-electron chi connectivity index (χ1n) is 8.15. The highest BCUT2D eigenvalue weighted by atomic mass is 16.4. The van der Waals surface area contributed by atoms with Gasteiger partial charge in [-0.15, -0.1) is 0 Å². The van der Waals surface area contributed by atoms with Gasteiger partial charge in [0.2, 0.25) is 0 Å². The number of carbonyl (C=O) groups excluding carboxylic acids is 2. The van der Waals surface area contributed by atoms with E-state index in [2.05, 4.69) is 10.6 Å². The van der Waals surface area contributed by atoms with Gasteiger partial charge in [0, 0.05) is 11.1 Å². The maximum Gasteiger partial charge on any atom is 0.337 e. The predicted octanol–water partition coefficient (Wildman–Crippen LogP) is 3.89. The van der Waals surface area contributed by atoms with E-state index in [0.29, 0.717) is 11.1 Å². The number of anilines is 2. The van der Waals surface area contributed by atoms with Gasteiger partial charge in [-0.3, -0.25) is 9.59 Å². The molecule has 3 N–H and O–H groups in total. The van der Waals surface area contributed by atoms with Gasteiger partial charge >= 0.3 is 5.97 Å². The number of hydrogen-bond donors (Lipinski definition) is 3. The average Bonchev–Trinajstić information content (AvgIpc) is 2.70. The molecule has 3 aromatic carbocycles. The molecule has 0 aromatic heterocycles. The first kappa shape index (κ1) is 17.9. The number of para-hydroxylation sites is 1. The number of aromatic carboxylic acids is 1. The van der Waals surface area contributed by atoms with Crippen LogP contribution in [0.3, 0.4) is 0 Å². The minimum atomic E-state index is -1.21. The summed E-state index contributed by atoms with van der Waals surface area (Å²) in [5.74, 6) is -2.10. The summed E-state index contributed by atoms with van der Waals surface area (Å²) in [6, 6.07) is 21.3. The highest BCUT2D eigenvalue weighted by molar-refractivity contribution is 6.13. The molecule has 0 aliphatic heterocycles. The van der Waals surface area contributed by atoms with Gasteiger partial charge in [-0.2, -0.15) is 0 Å². The van der Waals surface area contributed by atoms with Crippen LogP contribution in [0.5, 0.6) is 0 Å². The lowest BCUT2D eigenvalue weighted by Gasteiger charge is -2.15. The lowest BCUT2D eigenvalue weighted by Crippen LogP contribution is -2.19. The summed E-state index contributed by atoms with van der Waals surface area (Å²) in [4.78, 5) is 36.5. The van der Waals surface area contributed by atoms with Crippen molar-refractivity contribution in [1.82, 2.24) is 0 Å². The molecule has 134 valence electrons. The number of rotatable bonds is 5. The Labute approximate surface area is 155 Å². The molecule has 0 fully saturated rings. The maximum absolute atomic E-state index is 12.5. The van der Waals surface area contributed by atoms with E-state index in [-0.39, 0.29) is 16.9 Å². The second-order valence-corrected chi connectivity index (χ2v) is 5.67. The lowest BCUT2D eigenvalue weighted by molar-refractivity contribution is 0.0697. The molecule has 0 saturated carbocycles. The normalized spacial score (nSPS) is 10.1. The Morgan fingerprint density at radius 1 is 0.630 bits per heavy atom. The molecule has 3 aromatic rings. The minimum Gasteiger partial charge on any atom is -0.478 e. The maximum atomic E-state index is 12.5. The average molecular weight is 360 g/mol. The molecule has 0 heterocycles. The van der Waals surface area contributed by atoms with E-state index in [1.165, 1.54) is 18.2 Å². The van der Waals surface area contributed by atoms with E-state index >= 15 is 0 Å². The Morgan fingerprint density at radius 3 is 1.67 bits per heavy atom. The molecule has 6 heteroatoms. The third-order valence-corrected chi connectivity index (χ3v) is 3.85. The van der Waals surface area contributed by atoms with Crippen LogP contribution in [-0.4, -0.2) is 22.9 Å². The molecule has 3 rings (SSSR count). The van der Waals surface area contributed by atoms with Crippen molar-refractivity contribution in [2.45, 2.75) is 0 Å². The van der Waals surface area contributed by atoms with E-state index in [4.69, 9.17) is 0 Å². The zero-order chi connectivity index (χ0) is 19.2. The quantitative estimate of drug-likeness (QED) is 0.643. The third kappa shape index (κ3) is 4.19. The van der Waals surface area contributed by atoms with Crippen LogP contribution in [0.15, 0.2) is 78.9 Å². The van der Waals surface area contributed by atoms with Crippen LogP contribution in [0.2, 0.25) is 0 Å². The summed E-state index contributed by atoms with van der Waals surface area (Å²) in [6.45, 7) is 0. The van der Waals surface area contributed by atoms with E-state index in [9.17, 15) is 19.5 Å². The van der Waals surface area contributed by atoms with Crippen LogP contribution in [0, 0.1) is 0 Å². The molecular formula is C21H16N2O4. The van der Waals surface area contributed by atoms with Crippen molar-refractivity contribution in [3.05, 3.63) is 95.6 Å². The Hall–Kier alpha value is -3.93. The molecule has 0 aliphatic carbocycles. The fraction of sp³-hybridized carbons (Fsp3) is 0. The summed E-state index contributed by atoms with van der Waals surface area (Å²) < 4.78 is 0. The minimum absolute atomic E-state index is 0.0307. The largest absolute Gasteiger partial charge is 0.478 e. The molecule has 27 heavy (non-hydrogen) atoms. The van der Waals surface area contributed by atoms with Gasteiger partial charge in [-0.05, 0) is 36.4 Å². The molecule has 0 spiro atoms. The van der Waals surface area contributed by atoms with E-state index in [1.54, 1.807) is 60.7 Å². The van der Waals surface area contributed by atoms with Crippen LogP contribution >= 0.6 is 0 Å². The van der Waals surface area contributed by atoms with E-state index in [0.717, 1.165) is 0 Å². The summed E-state index contributed by atoms with van der Waals surface area (Å²) in [7, 11) is 0. The van der Waals surface area contributed by atoms with Crippen LogP contribution < -0.4 is 10.6 Å². The van der Waals surface area contributed by atoms with Crippen LogP contribution in [0.25, 0.3) is 0 Å². The fourth-order valence-corrected chi connectivity index (χ4v) is 2.53. The van der Waals surface area contributed by atoms with Crippen LogP contribution in [-0.2, 0) is 0 Å². The zero-order valence-corrected chi connectivity index (χ0v) is 14.2. The molecule has 0 radical (unpaired) electrons. The standard InChI is InChI=1S/C21H16N2O4/c24-19(14-8-3-1-4-9-14)22-17-13-7-12-16(21(26)27)18(17)23-20(25)15-10-5-2-6-11-15/h1-13H,(H,22,24)(H,23,25)(H,26,27). The SMILES string of the molecule is O=C(Nc1cccc(C(=O)O)c1NC(=O)c1ccccc1)c1ccccc1. The van der Waals surface area contributed by atoms with Crippen molar-refractivity contribution < 1.29 is 19.5 Å². The number of benzene rings is 3. The first-order valence-corrected chi connectivity index (χ1v) is 8.15. The second kappa shape index (κ2) is 7.97. The number of carboxylic acids is 1. The third-order valence-electron chi connectivity index (χ3n) is 3.85. The van der Waals surface area contributed by atoms with Gasteiger partial charge in [0.25, 0.3) is 11.8 Å². The summed E-state index contributed by atoms with van der Waals surface area (Å²) >= 11 is 0. The Balaban J connectivity index is 1.94. The molecule has 0 bridgehead atoms. The first-order chi connectivity index (χ1) is 13.1. The molecule has 0 saturated heterocycles. The molecule has 0 atom stereocenters. The van der Waals surface area contributed by atoms with Gasteiger partial charge in [-0.25, -0.2) is 4.79 Å². The molecule has 6 nitrogen and oxygen atoms in total. The number of hydrogen-bond acceptors (Lipinski definition) is 3. The Kier molecular flexibility index (Phi) is 5.28. The van der Waals surface area contributed by atoms with Gasteiger partial charge in [0.15, 0.2) is 0 Å². The fourth-order valence-electron chi connectivity index (χ4n) is 2.53. The molecular weight excluding hydrogens is 344 g/mol. The van der Waals surface area contributed by atoms with Crippen LogP contribution in [0.4, 0.5) is 11.4 Å². The van der Waals surface area contributed by atoms with Crippen molar-refractivity contribution in [3.8, 4) is 0 Å². The summed E-state index contributed by atoms with van der Waals surface area (Å²) in [5, 5.41) is 14.7. The van der Waals surface area contributed by atoms with E-state index < -0.39 is 17.8 Å². The smallest absolute Gasteiger partial charge is 0.337 e. The van der Waals surface area contributed by atoms with Crippen molar-refractivity contribution >= 4 is 29.2 Å². The number of carboxylic acid groups (broad SMARTS) is 1. The Morgan fingerprint density at radius 2 is 1.15 bits per heavy atom. The second-order valence-electron chi connectivity index (χ2n) is 5.67. The Bertz CT molecular complexity index is 986. The van der Waals surface area contributed by atoms with Crippen LogP contribution in [0.1, 0.15) is 31.1 Å². The molecule has 0 aliphatic rings. The van der Waals surface area contributed by atoms with Gasteiger partial charge in [-0.1, -0.05) is 42.5 Å². The van der Waals surface area contributed by atoms with E-state index in [1.807, 2.05) is 0 Å². The number of carbonyl (C=O) groups is 3. The van der Waals surface area contributed by atoms with Crippen molar-refractivity contribution in [1.29, 1.82) is 0 Å². The van der Waals surface area contributed by atoms with Gasteiger partial charge in [0.05, 0.1) is 16.9 Å². The topological polar surface area (TPSA) is 95.5 Å². The van der Waals surface area contributed by atoms with Crippen molar-refractivity contribution in [2.75, 3.05) is 10.6 Å². The van der Waals surface area contributed by atoms with Crippen molar-refractivity contribution in [3.63, 3.8) is 0 Å². The molecule has 0 unspecified atom stereocenters. The van der Waals surface area contributed by atoms with Gasteiger partial charge < -0.3 is 15.7 Å². The summed E-state index contributed by atoms with van der Waals surface area (Å²) in [6.07, 6.45) is 0. The van der Waals surface area contributed by atoms with Crippen molar-refractivity contribution in [2.24, 2.45) is 0 Å². The zero-order valence-electron chi connectivity index (χ0n) is 14.2. The predicted molar refractivity (Wildman–Crippen MR) is 102 cm³/mol. The molecule has 2 amide bonds. The number of amides is 2. The highest BCUT2D eigenvalue weighted by Gasteiger charge is 2.19. The number of nitrogens with one attached hydrogen (secondary N) is 2. The highest BCUT2D eigenvalue weighted by Crippen LogP contribution is 2.27. The van der Waals surface area contributed by atoms with Gasteiger partial charge in [0.1, 0.15) is 0 Å². The lowest BCUT2D eigenvalue weighted by atomic mass is 10.1.